The van der Waals surface area contributed by atoms with Crippen molar-refractivity contribution in [3.05, 3.63) is 21.2 Å². The zero-order chi connectivity index (χ0) is 14.7. The Kier molecular flexibility index (Phi) is 5.03. The largest absolute Gasteiger partial charge is 0.494 e. The molecule has 0 aliphatic heterocycles. The third kappa shape index (κ3) is 2.93. The van der Waals surface area contributed by atoms with Crippen LogP contribution in [0.1, 0.15) is 22.8 Å². The van der Waals surface area contributed by atoms with Gasteiger partial charge in [0.2, 0.25) is 5.91 Å². The quantitative estimate of drug-likeness (QED) is 0.872. The zero-order valence-electron chi connectivity index (χ0n) is 10.9. The Morgan fingerprint density at radius 3 is 2.16 bits per heavy atom. The summed E-state index contributed by atoms with van der Waals surface area (Å²) in [5, 5.41) is 2.72. The van der Waals surface area contributed by atoms with Gasteiger partial charge in [0.25, 0.3) is 0 Å². The summed E-state index contributed by atoms with van der Waals surface area (Å²) in [6.45, 7) is 2.93. The van der Waals surface area contributed by atoms with E-state index in [0.29, 0.717) is 5.56 Å². The van der Waals surface area contributed by atoms with Crippen LogP contribution in [0.4, 0.5) is 5.69 Å². The van der Waals surface area contributed by atoms with Crippen LogP contribution in [0.2, 0.25) is 10.0 Å². The van der Waals surface area contributed by atoms with Crippen LogP contribution in [0.3, 0.4) is 0 Å². The number of carbonyl (C=O) groups excluding carboxylic acids is 2. The number of anilines is 1. The van der Waals surface area contributed by atoms with Gasteiger partial charge in [-0.2, -0.15) is 0 Å². The monoisotopic (exact) mass is 305 g/mol. The molecule has 0 saturated heterocycles. The molecule has 0 unspecified atom stereocenters. The number of nitrogens with one attached hydrogen (secondary N) is 1. The van der Waals surface area contributed by atoms with Crippen molar-refractivity contribution in [2.24, 2.45) is 0 Å². The summed E-state index contributed by atoms with van der Waals surface area (Å²) in [6.07, 6.45) is 0. The minimum Gasteiger partial charge on any atom is -0.494 e. The highest BCUT2D eigenvalue weighted by atomic mass is 35.5. The predicted molar refractivity (Wildman–Crippen MR) is 73.4 cm³/mol. The van der Waals surface area contributed by atoms with Crippen molar-refractivity contribution in [3.8, 4) is 5.75 Å². The van der Waals surface area contributed by atoms with Gasteiger partial charge in [0.15, 0.2) is 5.75 Å². The molecule has 1 aromatic rings. The molecule has 0 aromatic heterocycles. The molecular formula is C12H13Cl2NO4. The third-order valence-electron chi connectivity index (χ3n) is 2.46. The lowest BCUT2D eigenvalue weighted by Gasteiger charge is -2.17. The Morgan fingerprint density at radius 2 is 1.74 bits per heavy atom. The predicted octanol–water partition coefficient (Wildman–Crippen LogP) is 3.06. The number of hydrogen-bond donors (Lipinski definition) is 1. The average molecular weight is 306 g/mol. The van der Waals surface area contributed by atoms with E-state index in [9.17, 15) is 9.59 Å². The molecule has 1 amide bonds. The molecule has 0 bridgehead atoms. The first-order valence-electron chi connectivity index (χ1n) is 5.26. The van der Waals surface area contributed by atoms with Crippen molar-refractivity contribution in [1.29, 1.82) is 0 Å². The zero-order valence-corrected chi connectivity index (χ0v) is 12.4. The van der Waals surface area contributed by atoms with Gasteiger partial charge in [-0.05, 0) is 12.5 Å². The standard InChI is InChI=1S/C12H13Cl2NO4/c1-5-7(12(17)19-4)11(18-3)9(14)10(8(5)13)15-6(2)16/h1-4H3,(H,15,16). The fraction of sp³-hybridized carbons (Fsp3) is 0.333. The number of halogens is 2. The highest BCUT2D eigenvalue weighted by molar-refractivity contribution is 6.42. The van der Waals surface area contributed by atoms with E-state index in [4.69, 9.17) is 27.9 Å². The fourth-order valence-electron chi connectivity index (χ4n) is 1.61. The molecular weight excluding hydrogens is 293 g/mol. The van der Waals surface area contributed by atoms with Gasteiger partial charge in [0.05, 0.1) is 24.9 Å². The van der Waals surface area contributed by atoms with E-state index < -0.39 is 5.97 Å². The van der Waals surface area contributed by atoms with E-state index in [-0.39, 0.29) is 33.0 Å². The smallest absolute Gasteiger partial charge is 0.342 e. The number of ether oxygens (including phenoxy) is 2. The summed E-state index contributed by atoms with van der Waals surface area (Å²) in [4.78, 5) is 22.9. The average Bonchev–Trinajstić information content (AvgIpc) is 2.37. The lowest BCUT2D eigenvalue weighted by atomic mass is 10.1. The second kappa shape index (κ2) is 6.12. The normalized spacial score (nSPS) is 10.0. The summed E-state index contributed by atoms with van der Waals surface area (Å²) >= 11 is 12.2. The lowest BCUT2D eigenvalue weighted by Crippen LogP contribution is -2.12. The highest BCUT2D eigenvalue weighted by Gasteiger charge is 2.26. The first-order chi connectivity index (χ1) is 8.84. The molecule has 0 heterocycles. The van der Waals surface area contributed by atoms with E-state index in [0.717, 1.165) is 0 Å². The van der Waals surface area contributed by atoms with Crippen molar-refractivity contribution in [2.75, 3.05) is 19.5 Å². The van der Waals surface area contributed by atoms with Crippen LogP contribution < -0.4 is 10.1 Å². The molecule has 104 valence electrons. The van der Waals surface area contributed by atoms with Crippen LogP contribution in [0, 0.1) is 6.92 Å². The van der Waals surface area contributed by atoms with Gasteiger partial charge < -0.3 is 14.8 Å². The van der Waals surface area contributed by atoms with Crippen molar-refractivity contribution in [1.82, 2.24) is 0 Å². The number of amides is 1. The van der Waals surface area contributed by atoms with Crippen molar-refractivity contribution >= 4 is 40.8 Å². The highest BCUT2D eigenvalue weighted by Crippen LogP contribution is 2.43. The van der Waals surface area contributed by atoms with Gasteiger partial charge in [0.1, 0.15) is 10.6 Å². The topological polar surface area (TPSA) is 64.6 Å². The van der Waals surface area contributed by atoms with E-state index in [2.05, 4.69) is 10.1 Å². The molecule has 5 nitrogen and oxygen atoms in total. The third-order valence-corrected chi connectivity index (χ3v) is 3.30. The van der Waals surface area contributed by atoms with Crippen molar-refractivity contribution in [3.63, 3.8) is 0 Å². The molecule has 19 heavy (non-hydrogen) atoms. The number of carbonyl (C=O) groups is 2. The van der Waals surface area contributed by atoms with Crippen LogP contribution >= 0.6 is 23.2 Å². The number of methoxy groups -OCH3 is 2. The molecule has 0 fully saturated rings. The maximum absolute atomic E-state index is 11.7. The van der Waals surface area contributed by atoms with Gasteiger partial charge in [-0.25, -0.2) is 4.79 Å². The van der Waals surface area contributed by atoms with Gasteiger partial charge >= 0.3 is 5.97 Å². The second-order valence-electron chi connectivity index (χ2n) is 3.71. The Hall–Kier alpha value is -1.46. The molecule has 1 aromatic carbocycles. The Morgan fingerprint density at radius 1 is 1.16 bits per heavy atom. The number of rotatable bonds is 3. The van der Waals surface area contributed by atoms with Crippen molar-refractivity contribution < 1.29 is 19.1 Å². The van der Waals surface area contributed by atoms with Crippen LogP contribution in [-0.2, 0) is 9.53 Å². The molecule has 0 spiro atoms. The number of benzene rings is 1. The molecule has 0 aliphatic carbocycles. The van der Waals surface area contributed by atoms with Gasteiger partial charge in [-0.3, -0.25) is 4.79 Å². The van der Waals surface area contributed by atoms with Gasteiger partial charge in [-0.15, -0.1) is 0 Å². The first kappa shape index (κ1) is 15.6. The molecule has 0 atom stereocenters. The van der Waals surface area contributed by atoms with Crippen LogP contribution in [0.25, 0.3) is 0 Å². The number of esters is 1. The van der Waals surface area contributed by atoms with E-state index in [1.54, 1.807) is 6.92 Å². The summed E-state index contributed by atoms with van der Waals surface area (Å²) in [6, 6.07) is 0. The Bertz CT molecular complexity index is 543. The molecule has 1 N–H and O–H groups in total. The Labute approximate surface area is 120 Å². The van der Waals surface area contributed by atoms with E-state index >= 15 is 0 Å². The molecule has 0 aliphatic rings. The van der Waals surface area contributed by atoms with E-state index in [1.165, 1.54) is 21.1 Å². The first-order valence-corrected chi connectivity index (χ1v) is 6.02. The van der Waals surface area contributed by atoms with Crippen LogP contribution in [0.15, 0.2) is 0 Å². The van der Waals surface area contributed by atoms with Crippen molar-refractivity contribution in [2.45, 2.75) is 13.8 Å². The number of hydrogen-bond acceptors (Lipinski definition) is 4. The molecule has 7 heteroatoms. The SMILES string of the molecule is COC(=O)c1c(C)c(Cl)c(NC(C)=O)c(Cl)c1OC. The van der Waals surface area contributed by atoms with Crippen LogP contribution in [-0.4, -0.2) is 26.1 Å². The minimum absolute atomic E-state index is 0.0497. The molecule has 0 saturated carbocycles. The maximum Gasteiger partial charge on any atom is 0.342 e. The Balaban J connectivity index is 3.62. The molecule has 0 radical (unpaired) electrons. The summed E-state index contributed by atoms with van der Waals surface area (Å²) in [5.41, 5.74) is 0.755. The lowest BCUT2D eigenvalue weighted by molar-refractivity contribution is -0.114. The second-order valence-corrected chi connectivity index (χ2v) is 4.46. The van der Waals surface area contributed by atoms with Gasteiger partial charge in [-0.1, -0.05) is 23.2 Å². The van der Waals surface area contributed by atoms with Crippen LogP contribution in [0.5, 0.6) is 5.75 Å². The van der Waals surface area contributed by atoms with E-state index in [1.807, 2.05) is 0 Å². The molecule has 1 rings (SSSR count). The summed E-state index contributed by atoms with van der Waals surface area (Å²) < 4.78 is 9.78. The fourth-order valence-corrected chi connectivity index (χ4v) is 2.21. The van der Waals surface area contributed by atoms with Gasteiger partial charge in [0, 0.05) is 6.92 Å². The minimum atomic E-state index is -0.618. The maximum atomic E-state index is 11.7. The summed E-state index contributed by atoms with van der Waals surface area (Å²) in [5.74, 6) is -0.845. The summed E-state index contributed by atoms with van der Waals surface area (Å²) in [7, 11) is 2.60.